The molecule has 0 radical (unpaired) electrons. The van der Waals surface area contributed by atoms with E-state index in [9.17, 15) is 4.39 Å². The molecule has 0 aromatic heterocycles. The van der Waals surface area contributed by atoms with E-state index in [1.807, 2.05) is 13.0 Å². The highest BCUT2D eigenvalue weighted by molar-refractivity contribution is 5.27. The number of hydrogen-bond acceptors (Lipinski definition) is 1. The largest absolute Gasteiger partial charge is 0.377 e. The van der Waals surface area contributed by atoms with Crippen molar-refractivity contribution in [2.75, 3.05) is 6.61 Å². The second kappa shape index (κ2) is 11.3. The minimum Gasteiger partial charge on any atom is -0.377 e. The highest BCUT2D eigenvalue weighted by Crippen LogP contribution is 2.44. The van der Waals surface area contributed by atoms with Crippen molar-refractivity contribution < 1.29 is 9.13 Å². The topological polar surface area (TPSA) is 9.23 Å². The molecule has 28 heavy (non-hydrogen) atoms. The van der Waals surface area contributed by atoms with E-state index >= 15 is 0 Å². The molecule has 0 atom stereocenters. The van der Waals surface area contributed by atoms with Crippen molar-refractivity contribution in [1.82, 2.24) is 0 Å². The molecule has 2 saturated carbocycles. The third-order valence-corrected chi connectivity index (χ3v) is 7.56. The van der Waals surface area contributed by atoms with Crippen LogP contribution in [-0.2, 0) is 11.3 Å². The third kappa shape index (κ3) is 6.05. The van der Waals surface area contributed by atoms with Gasteiger partial charge in [0.1, 0.15) is 5.82 Å². The molecule has 0 amide bonds. The Labute approximate surface area is 172 Å². The molecule has 1 aromatic carbocycles. The van der Waals surface area contributed by atoms with Crippen LogP contribution in [0.4, 0.5) is 4.39 Å². The van der Waals surface area contributed by atoms with Gasteiger partial charge in [-0.25, -0.2) is 4.39 Å². The Balaban J connectivity index is 1.43. The van der Waals surface area contributed by atoms with E-state index in [-0.39, 0.29) is 5.82 Å². The van der Waals surface area contributed by atoms with Gasteiger partial charge in [-0.2, -0.15) is 0 Å². The van der Waals surface area contributed by atoms with Crippen LogP contribution in [-0.4, -0.2) is 6.61 Å². The van der Waals surface area contributed by atoms with Crippen LogP contribution >= 0.6 is 0 Å². The number of rotatable bonds is 9. The predicted octanol–water partition coefficient (Wildman–Crippen LogP) is 8.02. The molecule has 0 unspecified atom stereocenters. The molecule has 0 bridgehead atoms. The fourth-order valence-corrected chi connectivity index (χ4v) is 5.70. The number of halogens is 1. The Morgan fingerprint density at radius 3 is 2.18 bits per heavy atom. The molecule has 2 aliphatic carbocycles. The van der Waals surface area contributed by atoms with Gasteiger partial charge in [0.05, 0.1) is 6.61 Å². The van der Waals surface area contributed by atoms with Crippen molar-refractivity contribution in [1.29, 1.82) is 0 Å². The molecular formula is C26H41FO. The van der Waals surface area contributed by atoms with Crippen LogP contribution in [0.2, 0.25) is 0 Å². The average Bonchev–Trinajstić information content (AvgIpc) is 2.74. The van der Waals surface area contributed by atoms with Gasteiger partial charge in [-0.1, -0.05) is 57.6 Å². The molecule has 2 fully saturated rings. The van der Waals surface area contributed by atoms with E-state index < -0.39 is 0 Å². The maximum absolute atomic E-state index is 14.4. The Morgan fingerprint density at radius 1 is 0.893 bits per heavy atom. The van der Waals surface area contributed by atoms with Gasteiger partial charge < -0.3 is 4.74 Å². The van der Waals surface area contributed by atoms with Gasteiger partial charge in [0.15, 0.2) is 0 Å². The lowest BCUT2D eigenvalue weighted by Crippen LogP contribution is -2.25. The van der Waals surface area contributed by atoms with Crippen molar-refractivity contribution in [2.24, 2.45) is 17.8 Å². The molecule has 1 nitrogen and oxygen atoms in total. The fraction of sp³-hybridized carbons (Fsp3) is 0.769. The summed E-state index contributed by atoms with van der Waals surface area (Å²) in [6.45, 7) is 5.27. The predicted molar refractivity (Wildman–Crippen MR) is 116 cm³/mol. The van der Waals surface area contributed by atoms with Crippen LogP contribution in [0.25, 0.3) is 0 Å². The summed E-state index contributed by atoms with van der Waals surface area (Å²) in [6.07, 6.45) is 16.7. The normalized spacial score (nSPS) is 28.4. The fourth-order valence-electron chi connectivity index (χ4n) is 5.70. The summed E-state index contributed by atoms with van der Waals surface area (Å²) < 4.78 is 19.7. The first-order valence-corrected chi connectivity index (χ1v) is 12.1. The Bertz CT molecular complexity index is 568. The van der Waals surface area contributed by atoms with Gasteiger partial charge in [0.2, 0.25) is 0 Å². The number of unbranched alkanes of at least 4 members (excludes halogenated alkanes) is 2. The van der Waals surface area contributed by atoms with Gasteiger partial charge >= 0.3 is 0 Å². The van der Waals surface area contributed by atoms with Crippen LogP contribution in [0.3, 0.4) is 0 Å². The van der Waals surface area contributed by atoms with E-state index in [0.29, 0.717) is 24.7 Å². The SMILES string of the molecule is CCCCCC1CCC(C2CCC(c3ccc(COCC)c(F)c3)CC2)CC1. The first-order valence-electron chi connectivity index (χ1n) is 12.1. The molecule has 3 rings (SSSR count). The van der Waals surface area contributed by atoms with E-state index in [0.717, 1.165) is 17.8 Å². The molecule has 0 aliphatic heterocycles. The minimum absolute atomic E-state index is 0.0885. The molecule has 2 aliphatic rings. The van der Waals surface area contributed by atoms with E-state index in [4.69, 9.17) is 4.74 Å². The minimum atomic E-state index is -0.0885. The lowest BCUT2D eigenvalue weighted by atomic mass is 9.68. The summed E-state index contributed by atoms with van der Waals surface area (Å²) in [5.74, 6) is 3.37. The second-order valence-corrected chi connectivity index (χ2v) is 9.38. The van der Waals surface area contributed by atoms with Crippen LogP contribution in [0, 0.1) is 23.6 Å². The van der Waals surface area contributed by atoms with Crippen molar-refractivity contribution in [3.8, 4) is 0 Å². The van der Waals surface area contributed by atoms with Crippen LogP contribution in [0.1, 0.15) is 108 Å². The highest BCUT2D eigenvalue weighted by Gasteiger charge is 2.31. The Hall–Kier alpha value is -0.890. The third-order valence-electron chi connectivity index (χ3n) is 7.56. The van der Waals surface area contributed by atoms with Crippen molar-refractivity contribution in [2.45, 2.75) is 103 Å². The average molecular weight is 389 g/mol. The van der Waals surface area contributed by atoms with E-state index in [1.54, 1.807) is 6.07 Å². The van der Waals surface area contributed by atoms with Crippen molar-refractivity contribution >= 4 is 0 Å². The number of hydrogen-bond donors (Lipinski definition) is 0. The Kier molecular flexibility index (Phi) is 8.83. The summed E-state index contributed by atoms with van der Waals surface area (Å²) >= 11 is 0. The van der Waals surface area contributed by atoms with Gasteiger partial charge in [-0.15, -0.1) is 0 Å². The summed E-state index contributed by atoms with van der Waals surface area (Å²) in [6, 6.07) is 5.86. The standard InChI is InChI=1S/C26H41FO/c1-3-5-6-7-20-8-10-21(11-9-20)22-12-14-23(15-13-22)24-16-17-25(19-28-4-2)26(27)18-24/h16-18,20-23H,3-15,19H2,1-2H3. The smallest absolute Gasteiger partial charge is 0.129 e. The van der Waals surface area contributed by atoms with Gasteiger partial charge in [0.25, 0.3) is 0 Å². The molecule has 0 saturated heterocycles. The van der Waals surface area contributed by atoms with Crippen molar-refractivity contribution in [3.05, 3.63) is 35.1 Å². The molecule has 1 aromatic rings. The molecule has 158 valence electrons. The number of ether oxygens (including phenoxy) is 1. The first kappa shape index (κ1) is 21.8. The summed E-state index contributed by atoms with van der Waals surface area (Å²) in [4.78, 5) is 0. The highest BCUT2D eigenvalue weighted by atomic mass is 19.1. The van der Waals surface area contributed by atoms with Crippen LogP contribution < -0.4 is 0 Å². The summed E-state index contributed by atoms with van der Waals surface area (Å²) in [5, 5.41) is 0. The summed E-state index contributed by atoms with van der Waals surface area (Å²) in [5.41, 5.74) is 1.89. The lowest BCUT2D eigenvalue weighted by molar-refractivity contribution is 0.131. The zero-order chi connectivity index (χ0) is 19.8. The second-order valence-electron chi connectivity index (χ2n) is 9.38. The van der Waals surface area contributed by atoms with Crippen LogP contribution in [0.5, 0.6) is 0 Å². The molecular weight excluding hydrogens is 347 g/mol. The van der Waals surface area contributed by atoms with Gasteiger partial charge in [-0.3, -0.25) is 0 Å². The van der Waals surface area contributed by atoms with Crippen LogP contribution in [0.15, 0.2) is 18.2 Å². The summed E-state index contributed by atoms with van der Waals surface area (Å²) in [7, 11) is 0. The monoisotopic (exact) mass is 388 g/mol. The number of benzene rings is 1. The van der Waals surface area contributed by atoms with Gasteiger partial charge in [-0.05, 0) is 80.8 Å². The quantitative estimate of drug-likeness (QED) is 0.389. The van der Waals surface area contributed by atoms with E-state index in [1.165, 1.54) is 82.6 Å². The van der Waals surface area contributed by atoms with E-state index in [2.05, 4.69) is 13.0 Å². The molecule has 0 N–H and O–H groups in total. The molecule has 0 heterocycles. The maximum atomic E-state index is 14.4. The zero-order valence-electron chi connectivity index (χ0n) is 18.2. The van der Waals surface area contributed by atoms with Gasteiger partial charge in [0, 0.05) is 12.2 Å². The molecule has 0 spiro atoms. The Morgan fingerprint density at radius 2 is 1.57 bits per heavy atom. The molecule has 2 heteroatoms. The maximum Gasteiger partial charge on any atom is 0.129 e. The zero-order valence-corrected chi connectivity index (χ0v) is 18.2. The lowest BCUT2D eigenvalue weighted by Gasteiger charge is -2.38. The first-order chi connectivity index (χ1) is 13.7. The van der Waals surface area contributed by atoms with Crippen molar-refractivity contribution in [3.63, 3.8) is 0 Å².